The second-order valence-corrected chi connectivity index (χ2v) is 5.94. The Kier molecular flexibility index (Phi) is 5.98. The van der Waals surface area contributed by atoms with Crippen LogP contribution >= 0.6 is 11.8 Å². The molecule has 0 aliphatic carbocycles. The summed E-state index contributed by atoms with van der Waals surface area (Å²) < 4.78 is 0. The first-order chi connectivity index (χ1) is 7.60. The lowest BCUT2D eigenvalue weighted by atomic mass is 9.89. The predicted octanol–water partition coefficient (Wildman–Crippen LogP) is 0.717. The van der Waals surface area contributed by atoms with E-state index in [-0.39, 0.29) is 18.9 Å². The molecule has 1 amide bonds. The third kappa shape index (κ3) is 6.53. The molecule has 0 saturated carbocycles. The van der Waals surface area contributed by atoms with Gasteiger partial charge < -0.3 is 15.5 Å². The number of carboxylic acid groups (broad SMARTS) is 1. The topological polar surface area (TPSA) is 86.6 Å². The molecule has 17 heavy (non-hydrogen) atoms. The number of hydrogen-bond acceptors (Lipinski definition) is 4. The minimum Gasteiger partial charge on any atom is -0.481 e. The number of carbonyl (C=O) groups excluding carboxylic acids is 1. The molecule has 0 spiro atoms. The number of carbonyl (C=O) groups is 2. The van der Waals surface area contributed by atoms with Crippen molar-refractivity contribution in [3.63, 3.8) is 0 Å². The molecule has 0 bridgehead atoms. The number of thioether (sulfide) groups is 1. The molecule has 3 N–H and O–H groups in total. The molecule has 0 radical (unpaired) electrons. The fourth-order valence-electron chi connectivity index (χ4n) is 1.19. The Hall–Kier alpha value is -0.750. The summed E-state index contributed by atoms with van der Waals surface area (Å²) in [6.07, 6.45) is 1.77. The van der Waals surface area contributed by atoms with Crippen LogP contribution in [0.3, 0.4) is 0 Å². The largest absolute Gasteiger partial charge is 0.481 e. The summed E-state index contributed by atoms with van der Waals surface area (Å²) in [5, 5.41) is 21.2. The number of aliphatic carboxylic acids is 1. The predicted molar refractivity (Wildman–Crippen MR) is 68.0 cm³/mol. The van der Waals surface area contributed by atoms with Gasteiger partial charge in [-0.1, -0.05) is 0 Å². The zero-order chi connectivity index (χ0) is 13.7. The highest BCUT2D eigenvalue weighted by atomic mass is 32.2. The Morgan fingerprint density at radius 3 is 2.24 bits per heavy atom. The molecular weight excluding hydrogens is 242 g/mol. The number of hydrogen-bond donors (Lipinski definition) is 3. The van der Waals surface area contributed by atoms with Crippen molar-refractivity contribution in [1.82, 2.24) is 5.32 Å². The van der Waals surface area contributed by atoms with Crippen molar-refractivity contribution >= 4 is 23.6 Å². The molecule has 0 aliphatic rings. The summed E-state index contributed by atoms with van der Waals surface area (Å²) >= 11 is 1.48. The van der Waals surface area contributed by atoms with Crippen LogP contribution in [0.2, 0.25) is 0 Å². The molecule has 100 valence electrons. The van der Waals surface area contributed by atoms with Crippen molar-refractivity contribution in [2.24, 2.45) is 5.41 Å². The summed E-state index contributed by atoms with van der Waals surface area (Å²) in [5.41, 5.74) is -2.06. The third-order valence-electron chi connectivity index (χ3n) is 2.30. The molecule has 0 heterocycles. The zero-order valence-electron chi connectivity index (χ0n) is 10.7. The normalized spacial score (nSPS) is 15.1. The average Bonchev–Trinajstić information content (AvgIpc) is 2.14. The highest BCUT2D eigenvalue weighted by Crippen LogP contribution is 2.20. The van der Waals surface area contributed by atoms with Gasteiger partial charge in [-0.05, 0) is 27.0 Å². The minimum atomic E-state index is -1.09. The summed E-state index contributed by atoms with van der Waals surface area (Å²) in [6.45, 7) is 4.75. The third-order valence-corrected chi connectivity index (χ3v) is 3.21. The fraction of sp³-hybridized carbons (Fsp3) is 0.818. The van der Waals surface area contributed by atoms with Gasteiger partial charge in [0, 0.05) is 18.7 Å². The van der Waals surface area contributed by atoms with Gasteiger partial charge in [-0.3, -0.25) is 9.59 Å². The van der Waals surface area contributed by atoms with Gasteiger partial charge in [0.25, 0.3) is 0 Å². The van der Waals surface area contributed by atoms with Gasteiger partial charge in [-0.15, -0.1) is 0 Å². The van der Waals surface area contributed by atoms with E-state index in [0.29, 0.717) is 5.75 Å². The van der Waals surface area contributed by atoms with Crippen LogP contribution in [0.15, 0.2) is 0 Å². The highest BCUT2D eigenvalue weighted by Gasteiger charge is 2.30. The van der Waals surface area contributed by atoms with Gasteiger partial charge in [0.05, 0.1) is 11.0 Å². The monoisotopic (exact) mass is 263 g/mol. The van der Waals surface area contributed by atoms with Gasteiger partial charge in [0.15, 0.2) is 0 Å². The Morgan fingerprint density at radius 1 is 1.29 bits per heavy atom. The van der Waals surface area contributed by atoms with Crippen LogP contribution in [0.1, 0.15) is 27.2 Å². The lowest BCUT2D eigenvalue weighted by Gasteiger charge is -2.24. The first-order valence-electron chi connectivity index (χ1n) is 5.32. The van der Waals surface area contributed by atoms with E-state index in [0.717, 1.165) is 0 Å². The van der Waals surface area contributed by atoms with Crippen molar-refractivity contribution < 1.29 is 19.8 Å². The molecule has 0 aromatic carbocycles. The fourth-order valence-corrected chi connectivity index (χ4v) is 1.91. The first-order valence-corrected chi connectivity index (χ1v) is 6.71. The maximum Gasteiger partial charge on any atom is 0.309 e. The van der Waals surface area contributed by atoms with E-state index in [2.05, 4.69) is 5.32 Å². The SMILES string of the molecule is CSCC(C)(O)CNC(=O)CC(C)(C)C(=O)O. The van der Waals surface area contributed by atoms with E-state index in [1.54, 1.807) is 6.92 Å². The summed E-state index contributed by atoms with van der Waals surface area (Å²) in [6, 6.07) is 0. The van der Waals surface area contributed by atoms with Gasteiger partial charge >= 0.3 is 5.97 Å². The molecule has 0 rings (SSSR count). The molecule has 0 aromatic heterocycles. The number of rotatable bonds is 7. The molecular formula is C11H21NO4S. The van der Waals surface area contributed by atoms with E-state index in [4.69, 9.17) is 5.11 Å². The molecule has 0 saturated heterocycles. The van der Waals surface area contributed by atoms with E-state index < -0.39 is 17.0 Å². The lowest BCUT2D eigenvalue weighted by Crippen LogP contribution is -2.44. The summed E-state index contributed by atoms with van der Waals surface area (Å²) in [5.74, 6) is -0.863. The molecule has 1 unspecified atom stereocenters. The van der Waals surface area contributed by atoms with Gasteiger partial charge in [-0.25, -0.2) is 0 Å². The Bertz CT molecular complexity index is 289. The van der Waals surface area contributed by atoms with Gasteiger partial charge in [0.1, 0.15) is 0 Å². The summed E-state index contributed by atoms with van der Waals surface area (Å²) in [7, 11) is 0. The molecule has 0 aliphatic heterocycles. The van der Waals surface area contributed by atoms with Gasteiger partial charge in [0.2, 0.25) is 5.91 Å². The Balaban J connectivity index is 4.17. The van der Waals surface area contributed by atoms with Crippen LogP contribution in [0.5, 0.6) is 0 Å². The van der Waals surface area contributed by atoms with Crippen LogP contribution in [0.25, 0.3) is 0 Å². The van der Waals surface area contributed by atoms with Crippen LogP contribution < -0.4 is 5.32 Å². The van der Waals surface area contributed by atoms with Crippen molar-refractivity contribution in [1.29, 1.82) is 0 Å². The second-order valence-electron chi connectivity index (χ2n) is 5.07. The molecule has 5 nitrogen and oxygen atoms in total. The van der Waals surface area contributed by atoms with E-state index in [9.17, 15) is 14.7 Å². The highest BCUT2D eigenvalue weighted by molar-refractivity contribution is 7.98. The maximum atomic E-state index is 11.5. The van der Waals surface area contributed by atoms with Crippen LogP contribution in [0.4, 0.5) is 0 Å². The molecule has 0 aromatic rings. The molecule has 1 atom stereocenters. The number of amides is 1. The number of aliphatic hydroxyl groups is 1. The van der Waals surface area contributed by atoms with Crippen LogP contribution in [0, 0.1) is 5.41 Å². The van der Waals surface area contributed by atoms with E-state index >= 15 is 0 Å². The smallest absolute Gasteiger partial charge is 0.309 e. The van der Waals surface area contributed by atoms with Crippen molar-refractivity contribution in [3.05, 3.63) is 0 Å². The number of nitrogens with one attached hydrogen (secondary N) is 1. The molecule has 0 fully saturated rings. The Morgan fingerprint density at radius 2 is 1.82 bits per heavy atom. The minimum absolute atomic E-state index is 0.0995. The Labute approximate surface area is 106 Å². The van der Waals surface area contributed by atoms with Crippen molar-refractivity contribution in [2.45, 2.75) is 32.8 Å². The zero-order valence-corrected chi connectivity index (χ0v) is 11.6. The molecule has 6 heteroatoms. The standard InChI is InChI=1S/C11H21NO4S/c1-10(2,9(14)15)5-8(13)12-6-11(3,16)7-17-4/h16H,5-7H2,1-4H3,(H,12,13)(H,14,15). The van der Waals surface area contributed by atoms with Crippen molar-refractivity contribution in [3.8, 4) is 0 Å². The van der Waals surface area contributed by atoms with Crippen LogP contribution in [-0.4, -0.2) is 46.2 Å². The lowest BCUT2D eigenvalue weighted by molar-refractivity contribution is -0.149. The number of carboxylic acids is 1. The maximum absolute atomic E-state index is 11.5. The average molecular weight is 263 g/mol. The quantitative estimate of drug-likeness (QED) is 0.630. The first kappa shape index (κ1) is 16.2. The summed E-state index contributed by atoms with van der Waals surface area (Å²) in [4.78, 5) is 22.3. The van der Waals surface area contributed by atoms with Gasteiger partial charge in [-0.2, -0.15) is 11.8 Å². The van der Waals surface area contributed by atoms with Crippen LogP contribution in [-0.2, 0) is 9.59 Å². The van der Waals surface area contributed by atoms with Crippen molar-refractivity contribution in [2.75, 3.05) is 18.6 Å². The second kappa shape index (κ2) is 6.26. The van der Waals surface area contributed by atoms with E-state index in [1.165, 1.54) is 25.6 Å². The van der Waals surface area contributed by atoms with E-state index in [1.807, 2.05) is 6.26 Å².